The highest BCUT2D eigenvalue weighted by Crippen LogP contribution is 2.31. The predicted molar refractivity (Wildman–Crippen MR) is 139 cm³/mol. The third kappa shape index (κ3) is 5.54. The van der Waals surface area contributed by atoms with Crippen LogP contribution in [-0.4, -0.2) is 49.5 Å². The molecule has 0 unspecified atom stereocenters. The number of hydrogen-bond donors (Lipinski definition) is 1. The van der Waals surface area contributed by atoms with Crippen LogP contribution in [0.4, 0.5) is 11.4 Å². The van der Waals surface area contributed by atoms with Crippen molar-refractivity contribution in [2.75, 3.05) is 43.0 Å². The topological polar surface area (TPSA) is 61.9 Å². The van der Waals surface area contributed by atoms with E-state index >= 15 is 0 Å². The summed E-state index contributed by atoms with van der Waals surface area (Å²) < 4.78 is 6.22. The molecule has 3 aromatic rings. The van der Waals surface area contributed by atoms with Crippen LogP contribution in [0.15, 0.2) is 71.2 Å². The van der Waals surface area contributed by atoms with Crippen molar-refractivity contribution in [3.8, 4) is 5.75 Å². The lowest BCUT2D eigenvalue weighted by Crippen LogP contribution is -2.48. The summed E-state index contributed by atoms with van der Waals surface area (Å²) in [6, 6.07) is 20.0. The van der Waals surface area contributed by atoms with Crippen molar-refractivity contribution in [3.05, 3.63) is 87.4 Å². The van der Waals surface area contributed by atoms with E-state index in [1.54, 1.807) is 24.3 Å². The van der Waals surface area contributed by atoms with Crippen LogP contribution in [0.1, 0.15) is 27.6 Å². The van der Waals surface area contributed by atoms with Gasteiger partial charge in [-0.2, -0.15) is 0 Å². The summed E-state index contributed by atoms with van der Waals surface area (Å²) in [4.78, 5) is 29.4. The van der Waals surface area contributed by atoms with Crippen molar-refractivity contribution in [2.24, 2.45) is 0 Å². The maximum Gasteiger partial charge on any atom is 0.255 e. The van der Waals surface area contributed by atoms with Gasteiger partial charge in [0.15, 0.2) is 0 Å². The fraction of sp³-hybridized carbons (Fsp3) is 0.231. The lowest BCUT2D eigenvalue weighted by molar-refractivity contribution is 0.0746. The van der Waals surface area contributed by atoms with E-state index in [9.17, 15) is 9.59 Å². The Labute approximate surface area is 212 Å². The molecule has 6 nitrogen and oxygen atoms in total. The van der Waals surface area contributed by atoms with E-state index in [0.29, 0.717) is 60.4 Å². The van der Waals surface area contributed by atoms with E-state index in [0.717, 1.165) is 10.2 Å². The van der Waals surface area contributed by atoms with Crippen LogP contribution in [0.2, 0.25) is 5.02 Å². The minimum Gasteiger partial charge on any atom is -0.493 e. The van der Waals surface area contributed by atoms with E-state index < -0.39 is 0 Å². The second kappa shape index (κ2) is 10.9. The molecule has 1 aliphatic rings. The number of amides is 2. The number of nitrogens with zero attached hydrogens (tertiary/aromatic N) is 2. The van der Waals surface area contributed by atoms with Crippen LogP contribution in [0.5, 0.6) is 5.75 Å². The fourth-order valence-corrected chi connectivity index (χ4v) is 4.67. The standard InChI is InChI=1S/C26H25BrClN3O3/c1-2-34-24-11-8-19(16-21(24)27)25(32)29-20-9-10-23(22(28)17-20)30-12-14-31(15-13-30)26(33)18-6-4-3-5-7-18/h3-11,16-17H,2,12-15H2,1H3,(H,29,32). The number of nitrogens with one attached hydrogen (secondary N) is 1. The number of carbonyl (C=O) groups is 2. The van der Waals surface area contributed by atoms with Gasteiger partial charge in [-0.1, -0.05) is 29.8 Å². The number of rotatable bonds is 6. The molecule has 2 amide bonds. The van der Waals surface area contributed by atoms with Crippen molar-refractivity contribution in [3.63, 3.8) is 0 Å². The Kier molecular flexibility index (Phi) is 7.75. The van der Waals surface area contributed by atoms with Gasteiger partial charge in [-0.05, 0) is 71.4 Å². The summed E-state index contributed by atoms with van der Waals surface area (Å²) in [5.41, 5.74) is 2.71. The molecule has 1 fully saturated rings. The number of benzene rings is 3. The molecule has 4 rings (SSSR count). The van der Waals surface area contributed by atoms with E-state index in [1.807, 2.05) is 54.3 Å². The zero-order valence-electron chi connectivity index (χ0n) is 18.8. The van der Waals surface area contributed by atoms with Gasteiger partial charge in [0.2, 0.25) is 0 Å². The third-order valence-corrected chi connectivity index (χ3v) is 6.55. The van der Waals surface area contributed by atoms with Gasteiger partial charge >= 0.3 is 0 Å². The highest BCUT2D eigenvalue weighted by Gasteiger charge is 2.23. The molecule has 0 spiro atoms. The van der Waals surface area contributed by atoms with Gasteiger partial charge in [-0.25, -0.2) is 0 Å². The SMILES string of the molecule is CCOc1ccc(C(=O)Nc2ccc(N3CCN(C(=O)c4ccccc4)CC3)c(Cl)c2)cc1Br. The van der Waals surface area contributed by atoms with Crippen LogP contribution in [-0.2, 0) is 0 Å². The Balaban J connectivity index is 1.37. The van der Waals surface area contributed by atoms with Crippen molar-refractivity contribution >= 4 is 50.7 Å². The first-order valence-electron chi connectivity index (χ1n) is 11.1. The molecule has 0 aliphatic carbocycles. The maximum absolute atomic E-state index is 12.7. The smallest absolute Gasteiger partial charge is 0.255 e. The number of hydrogen-bond acceptors (Lipinski definition) is 4. The van der Waals surface area contributed by atoms with E-state index in [2.05, 4.69) is 26.1 Å². The molecule has 0 bridgehead atoms. The Hall–Kier alpha value is -3.03. The zero-order chi connectivity index (χ0) is 24.1. The number of halogens is 2. The molecule has 1 heterocycles. The predicted octanol–water partition coefficient (Wildman–Crippen LogP) is 5.72. The first-order valence-corrected chi connectivity index (χ1v) is 12.3. The lowest BCUT2D eigenvalue weighted by atomic mass is 10.1. The molecule has 0 radical (unpaired) electrons. The van der Waals surface area contributed by atoms with Crippen LogP contribution in [0.25, 0.3) is 0 Å². The molecule has 176 valence electrons. The lowest BCUT2D eigenvalue weighted by Gasteiger charge is -2.36. The summed E-state index contributed by atoms with van der Waals surface area (Å²) in [6.45, 7) is 5.07. The van der Waals surface area contributed by atoms with Crippen molar-refractivity contribution in [1.82, 2.24) is 4.90 Å². The van der Waals surface area contributed by atoms with Crippen molar-refractivity contribution in [1.29, 1.82) is 0 Å². The largest absolute Gasteiger partial charge is 0.493 e. The van der Waals surface area contributed by atoms with Crippen molar-refractivity contribution < 1.29 is 14.3 Å². The normalized spacial score (nSPS) is 13.5. The maximum atomic E-state index is 12.7. The van der Waals surface area contributed by atoms with Gasteiger partial charge in [0, 0.05) is 43.0 Å². The highest BCUT2D eigenvalue weighted by molar-refractivity contribution is 9.10. The summed E-state index contributed by atoms with van der Waals surface area (Å²) >= 11 is 10.0. The van der Waals surface area contributed by atoms with Gasteiger partial charge in [-0.15, -0.1) is 0 Å². The molecule has 0 aromatic heterocycles. The van der Waals surface area contributed by atoms with E-state index in [1.165, 1.54) is 0 Å². The second-order valence-electron chi connectivity index (χ2n) is 7.84. The average Bonchev–Trinajstić information content (AvgIpc) is 2.86. The summed E-state index contributed by atoms with van der Waals surface area (Å²) in [7, 11) is 0. The van der Waals surface area contributed by atoms with Gasteiger partial charge in [0.25, 0.3) is 11.8 Å². The minimum absolute atomic E-state index is 0.0466. The quantitative estimate of drug-likeness (QED) is 0.433. The molecular formula is C26H25BrClN3O3. The third-order valence-electron chi connectivity index (χ3n) is 5.63. The number of anilines is 2. The molecule has 0 saturated carbocycles. The Bertz CT molecular complexity index is 1180. The van der Waals surface area contributed by atoms with Gasteiger partial charge in [0.1, 0.15) is 5.75 Å². The molecule has 1 aliphatic heterocycles. The summed E-state index contributed by atoms with van der Waals surface area (Å²) in [5, 5.41) is 3.44. The monoisotopic (exact) mass is 541 g/mol. The molecular weight excluding hydrogens is 518 g/mol. The van der Waals surface area contributed by atoms with Crippen LogP contribution in [0.3, 0.4) is 0 Å². The summed E-state index contributed by atoms with van der Waals surface area (Å²) in [6.07, 6.45) is 0. The van der Waals surface area contributed by atoms with Gasteiger partial charge in [-0.3, -0.25) is 9.59 Å². The number of carbonyl (C=O) groups excluding carboxylic acids is 2. The van der Waals surface area contributed by atoms with Crippen molar-refractivity contribution in [2.45, 2.75) is 6.92 Å². The van der Waals surface area contributed by atoms with Crippen LogP contribution >= 0.6 is 27.5 Å². The van der Waals surface area contributed by atoms with Crippen LogP contribution < -0.4 is 15.0 Å². The van der Waals surface area contributed by atoms with Gasteiger partial charge < -0.3 is 19.9 Å². The minimum atomic E-state index is -0.236. The number of piperazine rings is 1. The fourth-order valence-electron chi connectivity index (χ4n) is 3.87. The van der Waals surface area contributed by atoms with E-state index in [-0.39, 0.29) is 11.8 Å². The first-order chi connectivity index (χ1) is 16.5. The average molecular weight is 543 g/mol. The molecule has 34 heavy (non-hydrogen) atoms. The molecule has 0 atom stereocenters. The van der Waals surface area contributed by atoms with E-state index in [4.69, 9.17) is 16.3 Å². The summed E-state index contributed by atoms with van der Waals surface area (Å²) in [5.74, 6) is 0.503. The van der Waals surface area contributed by atoms with Crippen LogP contribution in [0, 0.1) is 0 Å². The molecule has 1 saturated heterocycles. The Morgan fingerprint density at radius 3 is 2.35 bits per heavy atom. The van der Waals surface area contributed by atoms with Gasteiger partial charge in [0.05, 0.1) is 21.8 Å². The zero-order valence-corrected chi connectivity index (χ0v) is 21.1. The molecule has 3 aromatic carbocycles. The number of ether oxygens (including phenoxy) is 1. The molecule has 1 N–H and O–H groups in total. The Morgan fingerprint density at radius 2 is 1.71 bits per heavy atom. The first kappa shape index (κ1) is 24.1. The highest BCUT2D eigenvalue weighted by atomic mass is 79.9. The molecule has 8 heteroatoms. The Morgan fingerprint density at radius 1 is 0.971 bits per heavy atom. The second-order valence-corrected chi connectivity index (χ2v) is 9.11.